The second-order valence-electron chi connectivity index (χ2n) is 5.61. The lowest BCUT2D eigenvalue weighted by molar-refractivity contribution is 0.433. The van der Waals surface area contributed by atoms with Gasteiger partial charge in [-0.3, -0.25) is 5.10 Å². The van der Waals surface area contributed by atoms with Gasteiger partial charge in [-0.15, -0.1) is 5.10 Å². The summed E-state index contributed by atoms with van der Waals surface area (Å²) in [5, 5.41) is 20.3. The van der Waals surface area contributed by atoms with Crippen LogP contribution in [0, 0.1) is 0 Å². The second-order valence-corrected chi connectivity index (χ2v) is 5.61. The lowest BCUT2D eigenvalue weighted by Gasteiger charge is -2.13. The topological polar surface area (TPSA) is 74.2 Å². The smallest absolute Gasteiger partial charge is 0.115 e. The molecule has 0 unspecified atom stereocenters. The van der Waals surface area contributed by atoms with Gasteiger partial charge in [0, 0.05) is 0 Å². The average Bonchev–Trinajstić information content (AvgIpc) is 3.11. The van der Waals surface area contributed by atoms with Crippen molar-refractivity contribution in [3.05, 3.63) is 66.5 Å². The van der Waals surface area contributed by atoms with E-state index in [2.05, 4.69) is 28.1 Å². The van der Waals surface area contributed by atoms with Crippen LogP contribution in [-0.2, 0) is 0 Å². The molecule has 3 rings (SSSR count). The molecule has 0 aliphatic heterocycles. The molecule has 2 aromatic rings. The van der Waals surface area contributed by atoms with E-state index in [1.807, 2.05) is 24.3 Å². The zero-order valence-electron chi connectivity index (χ0n) is 13.4. The van der Waals surface area contributed by atoms with Crippen molar-refractivity contribution in [3.8, 4) is 0 Å². The molecule has 1 aliphatic carbocycles. The highest BCUT2D eigenvalue weighted by Gasteiger charge is 2.10. The number of para-hydroxylation sites is 1. The van der Waals surface area contributed by atoms with Crippen molar-refractivity contribution in [3.63, 3.8) is 0 Å². The molecule has 0 amide bonds. The van der Waals surface area contributed by atoms with Gasteiger partial charge in [0.2, 0.25) is 0 Å². The molecule has 0 saturated heterocycles. The van der Waals surface area contributed by atoms with Crippen LogP contribution in [0.4, 0.5) is 5.69 Å². The number of fused-ring (bicyclic) bond motifs is 1. The normalized spacial score (nSPS) is 16.6. The monoisotopic (exact) mass is 320 g/mol. The number of aliphatic imine (C=N–C) groups is 1. The summed E-state index contributed by atoms with van der Waals surface area (Å²) in [5.74, 6) is 0.128. The number of aliphatic hydroxyl groups excluding tert-OH is 1. The van der Waals surface area contributed by atoms with Gasteiger partial charge in [-0.2, -0.15) is 0 Å². The van der Waals surface area contributed by atoms with Gasteiger partial charge in [-0.1, -0.05) is 30.0 Å². The number of benzene rings is 1. The average molecular weight is 320 g/mol. The van der Waals surface area contributed by atoms with Crippen LogP contribution in [0.3, 0.4) is 0 Å². The summed E-state index contributed by atoms with van der Waals surface area (Å²) in [4.78, 5) is 4.82. The number of H-pyrrole nitrogens is 1. The van der Waals surface area contributed by atoms with Crippen molar-refractivity contribution in [2.45, 2.75) is 25.7 Å². The lowest BCUT2D eigenvalue weighted by atomic mass is 9.95. The van der Waals surface area contributed by atoms with Gasteiger partial charge in [0.1, 0.15) is 16.8 Å². The molecule has 0 spiro atoms. The Bertz CT molecular complexity index is 855. The Morgan fingerprint density at radius 2 is 2.25 bits per heavy atom. The number of rotatable bonds is 5. The molecular formula is C19H20N4O. The Morgan fingerprint density at radius 3 is 3.04 bits per heavy atom. The van der Waals surface area contributed by atoms with E-state index < -0.39 is 0 Å². The summed E-state index contributed by atoms with van der Waals surface area (Å²) in [7, 11) is 0. The van der Waals surface area contributed by atoms with E-state index in [0.717, 1.165) is 35.3 Å². The fourth-order valence-corrected chi connectivity index (χ4v) is 2.67. The van der Waals surface area contributed by atoms with Crippen molar-refractivity contribution in [2.24, 2.45) is 4.99 Å². The molecule has 5 nitrogen and oxygen atoms in total. The van der Waals surface area contributed by atoms with Gasteiger partial charge in [0.05, 0.1) is 11.4 Å². The standard InChI is InChI=1S/C19H20N4O/c1-2-15(24)10-6-11-16(14-8-4-3-5-9-14)20-17-12-7-13-18-19(17)22-23-21-18/h2,6-8,10-13,24H,1,3-5,9H2,(H,21,22,23)/b11-6+,15-10+,20-16-. The molecule has 0 bridgehead atoms. The third kappa shape index (κ3) is 3.68. The third-order valence-electron chi connectivity index (χ3n) is 3.93. The number of allylic oxidation sites excluding steroid dienone is 6. The van der Waals surface area contributed by atoms with Crippen LogP contribution in [0.1, 0.15) is 25.7 Å². The number of nitrogens with zero attached hydrogens (tertiary/aromatic N) is 3. The van der Waals surface area contributed by atoms with Crippen LogP contribution in [0.5, 0.6) is 0 Å². The first-order valence-corrected chi connectivity index (χ1v) is 8.05. The Labute approximate surface area is 140 Å². The van der Waals surface area contributed by atoms with Crippen LogP contribution in [0.25, 0.3) is 11.0 Å². The number of hydrogen-bond acceptors (Lipinski definition) is 4. The maximum Gasteiger partial charge on any atom is 0.115 e. The summed E-state index contributed by atoms with van der Waals surface area (Å²) in [6, 6.07) is 5.76. The van der Waals surface area contributed by atoms with Crippen molar-refractivity contribution in [2.75, 3.05) is 0 Å². The Morgan fingerprint density at radius 1 is 1.33 bits per heavy atom. The van der Waals surface area contributed by atoms with E-state index in [4.69, 9.17) is 4.99 Å². The molecule has 0 radical (unpaired) electrons. The van der Waals surface area contributed by atoms with E-state index in [9.17, 15) is 5.11 Å². The number of aromatic nitrogens is 3. The van der Waals surface area contributed by atoms with Crippen molar-refractivity contribution >= 4 is 22.4 Å². The minimum atomic E-state index is 0.128. The molecule has 5 heteroatoms. The van der Waals surface area contributed by atoms with Crippen molar-refractivity contribution < 1.29 is 5.11 Å². The van der Waals surface area contributed by atoms with E-state index in [1.54, 1.807) is 12.2 Å². The fourth-order valence-electron chi connectivity index (χ4n) is 2.67. The van der Waals surface area contributed by atoms with E-state index in [1.165, 1.54) is 24.5 Å². The zero-order chi connectivity index (χ0) is 16.8. The van der Waals surface area contributed by atoms with Gasteiger partial charge in [0.25, 0.3) is 0 Å². The maximum atomic E-state index is 9.50. The Balaban J connectivity index is 2.01. The predicted octanol–water partition coefficient (Wildman–Crippen LogP) is 4.71. The van der Waals surface area contributed by atoms with Crippen LogP contribution < -0.4 is 0 Å². The van der Waals surface area contributed by atoms with E-state index in [-0.39, 0.29) is 5.76 Å². The molecule has 24 heavy (non-hydrogen) atoms. The quantitative estimate of drug-likeness (QED) is 0.476. The molecule has 122 valence electrons. The molecule has 1 aromatic heterocycles. The van der Waals surface area contributed by atoms with Gasteiger partial charge in [-0.25, -0.2) is 4.99 Å². The summed E-state index contributed by atoms with van der Waals surface area (Å²) >= 11 is 0. The highest BCUT2D eigenvalue weighted by Crippen LogP contribution is 2.26. The number of aromatic amines is 1. The van der Waals surface area contributed by atoms with Gasteiger partial charge >= 0.3 is 0 Å². The predicted molar refractivity (Wildman–Crippen MR) is 97.6 cm³/mol. The summed E-state index contributed by atoms with van der Waals surface area (Å²) < 4.78 is 0. The highest BCUT2D eigenvalue weighted by atomic mass is 16.3. The number of hydrogen-bond donors (Lipinski definition) is 2. The molecule has 1 aliphatic rings. The zero-order valence-corrected chi connectivity index (χ0v) is 13.4. The van der Waals surface area contributed by atoms with Crippen LogP contribution in [0.2, 0.25) is 0 Å². The van der Waals surface area contributed by atoms with Crippen LogP contribution >= 0.6 is 0 Å². The summed E-state index contributed by atoms with van der Waals surface area (Å²) in [6.45, 7) is 3.53. The summed E-state index contributed by atoms with van der Waals surface area (Å²) in [5.41, 5.74) is 4.55. The fraction of sp³-hybridized carbons (Fsp3) is 0.211. The van der Waals surface area contributed by atoms with Crippen LogP contribution in [-0.4, -0.2) is 26.2 Å². The van der Waals surface area contributed by atoms with Gasteiger partial charge < -0.3 is 5.11 Å². The molecule has 0 saturated carbocycles. The molecular weight excluding hydrogens is 300 g/mol. The Kier molecular flexibility index (Phi) is 5.01. The van der Waals surface area contributed by atoms with Gasteiger partial charge in [-0.05, 0) is 61.6 Å². The van der Waals surface area contributed by atoms with Crippen LogP contribution in [0.15, 0.2) is 71.5 Å². The van der Waals surface area contributed by atoms with E-state index in [0.29, 0.717) is 0 Å². The SMILES string of the molecule is C=C\C(O)=C/C=C/C(=N/c1cccc2nn[nH]c12)C1=CCCCC1. The molecule has 2 N–H and O–H groups in total. The lowest BCUT2D eigenvalue weighted by Crippen LogP contribution is -2.03. The largest absolute Gasteiger partial charge is 0.508 e. The third-order valence-corrected chi connectivity index (χ3v) is 3.93. The number of aliphatic hydroxyl groups is 1. The molecule has 1 aromatic carbocycles. The first-order chi connectivity index (χ1) is 11.8. The molecule has 0 fully saturated rings. The van der Waals surface area contributed by atoms with E-state index >= 15 is 0 Å². The minimum Gasteiger partial charge on any atom is -0.508 e. The first kappa shape index (κ1) is 15.9. The van der Waals surface area contributed by atoms with Crippen molar-refractivity contribution in [1.82, 2.24) is 15.4 Å². The Hall–Kier alpha value is -2.95. The molecule has 0 atom stereocenters. The second kappa shape index (κ2) is 7.55. The minimum absolute atomic E-state index is 0.128. The molecule has 1 heterocycles. The van der Waals surface area contributed by atoms with Gasteiger partial charge in [0.15, 0.2) is 0 Å². The highest BCUT2D eigenvalue weighted by molar-refractivity contribution is 6.10. The maximum absolute atomic E-state index is 9.50. The number of nitrogens with one attached hydrogen (secondary N) is 1. The van der Waals surface area contributed by atoms with Crippen molar-refractivity contribution in [1.29, 1.82) is 0 Å². The summed E-state index contributed by atoms with van der Waals surface area (Å²) in [6.07, 6.45) is 13.4. The first-order valence-electron chi connectivity index (χ1n) is 8.05.